The zero-order chi connectivity index (χ0) is 10.8. The first-order valence-electron chi connectivity index (χ1n) is 4.60. The van der Waals surface area contributed by atoms with Crippen molar-refractivity contribution >= 4 is 0 Å². The van der Waals surface area contributed by atoms with Crippen LogP contribution in [0.15, 0.2) is 29.0 Å². The van der Waals surface area contributed by atoms with Gasteiger partial charge >= 0.3 is 0 Å². The Balaban J connectivity index is 2.53. The molecule has 2 aromatic rings. The van der Waals surface area contributed by atoms with Crippen molar-refractivity contribution in [1.29, 1.82) is 0 Å². The minimum atomic E-state index is -0.288. The monoisotopic (exact) mass is 206 g/mol. The molecule has 1 aromatic carbocycles. The molecular weight excluding hydrogens is 195 g/mol. The third-order valence-electron chi connectivity index (χ3n) is 2.14. The first-order chi connectivity index (χ1) is 7.20. The van der Waals surface area contributed by atoms with Crippen LogP contribution in [0.25, 0.3) is 11.3 Å². The van der Waals surface area contributed by atoms with E-state index in [4.69, 9.17) is 10.2 Å². The van der Waals surface area contributed by atoms with Gasteiger partial charge in [-0.1, -0.05) is 0 Å². The Kier molecular flexibility index (Phi) is 2.51. The molecule has 3 nitrogen and oxygen atoms in total. The van der Waals surface area contributed by atoms with Crippen LogP contribution in [0.2, 0.25) is 0 Å². The molecule has 0 aliphatic carbocycles. The summed E-state index contributed by atoms with van der Waals surface area (Å²) >= 11 is 0. The molecule has 0 aliphatic rings. The SMILES string of the molecule is Cc1cc(F)cc(-c2ocnc2CN)c1. The van der Waals surface area contributed by atoms with Crippen LogP contribution >= 0.6 is 0 Å². The molecule has 1 heterocycles. The van der Waals surface area contributed by atoms with Gasteiger partial charge < -0.3 is 10.2 Å². The fourth-order valence-electron chi connectivity index (χ4n) is 1.52. The molecule has 0 fully saturated rings. The van der Waals surface area contributed by atoms with Crippen molar-refractivity contribution in [3.63, 3.8) is 0 Å². The van der Waals surface area contributed by atoms with Crippen LogP contribution < -0.4 is 5.73 Å². The normalized spacial score (nSPS) is 10.6. The van der Waals surface area contributed by atoms with E-state index < -0.39 is 0 Å². The molecule has 0 saturated heterocycles. The fraction of sp³-hybridized carbons (Fsp3) is 0.182. The second-order valence-corrected chi connectivity index (χ2v) is 3.35. The third-order valence-corrected chi connectivity index (χ3v) is 2.14. The van der Waals surface area contributed by atoms with Gasteiger partial charge in [0.1, 0.15) is 11.5 Å². The first kappa shape index (κ1) is 9.86. The summed E-state index contributed by atoms with van der Waals surface area (Å²) in [4.78, 5) is 3.96. The zero-order valence-corrected chi connectivity index (χ0v) is 8.33. The Bertz CT molecular complexity index is 459. The molecule has 0 atom stereocenters. The van der Waals surface area contributed by atoms with Crippen molar-refractivity contribution in [2.45, 2.75) is 13.5 Å². The van der Waals surface area contributed by atoms with Gasteiger partial charge in [-0.3, -0.25) is 0 Å². The molecule has 0 unspecified atom stereocenters. The van der Waals surface area contributed by atoms with Gasteiger partial charge in [0.2, 0.25) is 0 Å². The largest absolute Gasteiger partial charge is 0.443 e. The van der Waals surface area contributed by atoms with Crippen molar-refractivity contribution in [2.75, 3.05) is 0 Å². The van der Waals surface area contributed by atoms with Gasteiger partial charge in [0.15, 0.2) is 12.2 Å². The van der Waals surface area contributed by atoms with Crippen LogP contribution in [0.4, 0.5) is 4.39 Å². The van der Waals surface area contributed by atoms with E-state index in [9.17, 15) is 4.39 Å². The van der Waals surface area contributed by atoms with Gasteiger partial charge in [-0.05, 0) is 30.7 Å². The zero-order valence-electron chi connectivity index (χ0n) is 8.33. The van der Waals surface area contributed by atoms with Crippen LogP contribution in [0.1, 0.15) is 11.3 Å². The van der Waals surface area contributed by atoms with Crippen molar-refractivity contribution in [3.05, 3.63) is 41.7 Å². The number of oxazole rings is 1. The number of nitrogens with two attached hydrogens (primary N) is 1. The summed E-state index contributed by atoms with van der Waals surface area (Å²) in [5.41, 5.74) is 7.64. The average molecular weight is 206 g/mol. The van der Waals surface area contributed by atoms with E-state index in [0.717, 1.165) is 5.56 Å². The van der Waals surface area contributed by atoms with Crippen LogP contribution in [0.3, 0.4) is 0 Å². The number of benzene rings is 1. The highest BCUT2D eigenvalue weighted by Crippen LogP contribution is 2.24. The highest BCUT2D eigenvalue weighted by molar-refractivity contribution is 5.60. The maximum absolute atomic E-state index is 13.2. The summed E-state index contributed by atoms with van der Waals surface area (Å²) in [6, 6.07) is 4.71. The number of halogens is 1. The number of aryl methyl sites for hydroxylation is 1. The van der Waals surface area contributed by atoms with Gasteiger partial charge in [-0.2, -0.15) is 0 Å². The Hall–Kier alpha value is -1.68. The van der Waals surface area contributed by atoms with Gasteiger partial charge in [0, 0.05) is 12.1 Å². The van der Waals surface area contributed by atoms with Gasteiger partial charge in [-0.25, -0.2) is 9.37 Å². The molecule has 0 bridgehead atoms. The minimum absolute atomic E-state index is 0.279. The van der Waals surface area contributed by atoms with Crippen molar-refractivity contribution < 1.29 is 8.81 Å². The predicted octanol–water partition coefficient (Wildman–Crippen LogP) is 2.25. The standard InChI is InChI=1S/C11H11FN2O/c1-7-2-8(4-9(12)3-7)11-10(5-13)14-6-15-11/h2-4,6H,5,13H2,1H3. The number of aromatic nitrogens is 1. The molecule has 15 heavy (non-hydrogen) atoms. The molecule has 2 rings (SSSR count). The number of rotatable bonds is 2. The summed E-state index contributed by atoms with van der Waals surface area (Å²) in [6.45, 7) is 2.10. The molecule has 0 radical (unpaired) electrons. The van der Waals surface area contributed by atoms with E-state index in [1.54, 1.807) is 0 Å². The van der Waals surface area contributed by atoms with Crippen molar-refractivity contribution in [2.24, 2.45) is 5.73 Å². The summed E-state index contributed by atoms with van der Waals surface area (Å²) in [6.07, 6.45) is 1.32. The first-order valence-corrected chi connectivity index (χ1v) is 4.60. The Morgan fingerprint density at radius 3 is 2.87 bits per heavy atom. The minimum Gasteiger partial charge on any atom is -0.443 e. The topological polar surface area (TPSA) is 52.0 Å². The van der Waals surface area contributed by atoms with Crippen LogP contribution in [-0.4, -0.2) is 4.98 Å². The van der Waals surface area contributed by atoms with E-state index >= 15 is 0 Å². The van der Waals surface area contributed by atoms with E-state index in [0.29, 0.717) is 17.0 Å². The Morgan fingerprint density at radius 2 is 2.20 bits per heavy atom. The molecular formula is C11H11FN2O. The highest BCUT2D eigenvalue weighted by Gasteiger charge is 2.10. The number of hydrogen-bond donors (Lipinski definition) is 1. The maximum Gasteiger partial charge on any atom is 0.181 e. The van der Waals surface area contributed by atoms with Crippen LogP contribution in [0, 0.1) is 12.7 Å². The smallest absolute Gasteiger partial charge is 0.181 e. The van der Waals surface area contributed by atoms with Crippen molar-refractivity contribution in [1.82, 2.24) is 4.98 Å². The summed E-state index contributed by atoms with van der Waals surface area (Å²) in [7, 11) is 0. The van der Waals surface area contributed by atoms with Crippen LogP contribution in [-0.2, 0) is 6.54 Å². The predicted molar refractivity (Wildman–Crippen MR) is 54.5 cm³/mol. The second kappa shape index (κ2) is 3.82. The Labute approximate surface area is 86.7 Å². The Morgan fingerprint density at radius 1 is 1.40 bits per heavy atom. The second-order valence-electron chi connectivity index (χ2n) is 3.35. The summed E-state index contributed by atoms with van der Waals surface area (Å²) in [5, 5.41) is 0. The van der Waals surface area contributed by atoms with E-state index in [2.05, 4.69) is 4.98 Å². The van der Waals surface area contributed by atoms with Gasteiger partial charge in [-0.15, -0.1) is 0 Å². The van der Waals surface area contributed by atoms with Crippen molar-refractivity contribution in [3.8, 4) is 11.3 Å². The summed E-state index contributed by atoms with van der Waals surface area (Å²) in [5.74, 6) is 0.254. The van der Waals surface area contributed by atoms with E-state index in [-0.39, 0.29) is 12.4 Å². The van der Waals surface area contributed by atoms with Gasteiger partial charge in [0.05, 0.1) is 0 Å². The lowest BCUT2D eigenvalue weighted by Gasteiger charge is -2.01. The molecule has 0 amide bonds. The fourth-order valence-corrected chi connectivity index (χ4v) is 1.52. The van der Waals surface area contributed by atoms with E-state index in [1.807, 2.05) is 13.0 Å². The molecule has 4 heteroatoms. The lowest BCUT2D eigenvalue weighted by Crippen LogP contribution is -1.98. The van der Waals surface area contributed by atoms with Gasteiger partial charge in [0.25, 0.3) is 0 Å². The third kappa shape index (κ3) is 1.89. The molecule has 2 N–H and O–H groups in total. The molecule has 1 aromatic heterocycles. The molecule has 0 saturated carbocycles. The lowest BCUT2D eigenvalue weighted by atomic mass is 10.1. The molecule has 0 spiro atoms. The lowest BCUT2D eigenvalue weighted by molar-refractivity contribution is 0.569. The quantitative estimate of drug-likeness (QED) is 0.819. The summed E-state index contributed by atoms with van der Waals surface area (Å²) < 4.78 is 18.4. The molecule has 0 aliphatic heterocycles. The van der Waals surface area contributed by atoms with Crippen LogP contribution in [0.5, 0.6) is 0 Å². The maximum atomic E-state index is 13.2. The molecule has 78 valence electrons. The number of hydrogen-bond acceptors (Lipinski definition) is 3. The average Bonchev–Trinajstić information content (AvgIpc) is 2.63. The highest BCUT2D eigenvalue weighted by atomic mass is 19.1. The van der Waals surface area contributed by atoms with E-state index in [1.165, 1.54) is 18.5 Å². The number of nitrogens with zero attached hydrogens (tertiary/aromatic N) is 1.